The Hall–Kier alpha value is -2.57. The predicted molar refractivity (Wildman–Crippen MR) is 101 cm³/mol. The second-order valence-corrected chi connectivity index (χ2v) is 7.27. The van der Waals surface area contributed by atoms with Crippen LogP contribution in [0.3, 0.4) is 0 Å². The number of likely N-dealkylation sites (tertiary alicyclic amines) is 1. The fourth-order valence-corrected chi connectivity index (χ4v) is 3.32. The Morgan fingerprint density at radius 2 is 2.11 bits per heavy atom. The van der Waals surface area contributed by atoms with Crippen LogP contribution >= 0.6 is 0 Å². The number of hydrogen-bond acceptors (Lipinski definition) is 5. The van der Waals surface area contributed by atoms with Crippen LogP contribution < -0.4 is 10.1 Å². The van der Waals surface area contributed by atoms with Crippen LogP contribution in [0.25, 0.3) is 0 Å². The smallest absolute Gasteiger partial charge is 0.322 e. The fourth-order valence-electron chi connectivity index (χ4n) is 3.32. The number of carbonyl (C=O) groups is 1. The molecule has 2 amide bonds. The van der Waals surface area contributed by atoms with Crippen molar-refractivity contribution < 1.29 is 14.1 Å². The third-order valence-corrected chi connectivity index (χ3v) is 5.07. The first-order valence-corrected chi connectivity index (χ1v) is 9.88. The normalized spacial score (nSPS) is 19.3. The molecule has 2 aliphatic rings. The lowest BCUT2D eigenvalue weighted by Crippen LogP contribution is -2.34. The Kier molecular flexibility index (Phi) is 5.27. The summed E-state index contributed by atoms with van der Waals surface area (Å²) >= 11 is 0. The minimum Gasteiger partial charge on any atom is -0.494 e. The summed E-state index contributed by atoms with van der Waals surface area (Å²) in [6, 6.07) is 7.22. The summed E-state index contributed by atoms with van der Waals surface area (Å²) in [5, 5.41) is 7.04. The molecule has 1 atom stereocenters. The molecular weight excluding hydrogens is 344 g/mol. The number of rotatable bonds is 7. The van der Waals surface area contributed by atoms with E-state index < -0.39 is 0 Å². The van der Waals surface area contributed by atoms with E-state index in [0.717, 1.165) is 55.8 Å². The van der Waals surface area contributed by atoms with Gasteiger partial charge in [-0.05, 0) is 56.4 Å². The molecule has 1 unspecified atom stereocenters. The summed E-state index contributed by atoms with van der Waals surface area (Å²) in [5.41, 5.74) is 0.748. The molecule has 27 heavy (non-hydrogen) atoms. The molecule has 0 spiro atoms. The Balaban J connectivity index is 1.36. The Bertz CT molecular complexity index is 770. The fraction of sp³-hybridized carbons (Fsp3) is 0.550. The molecule has 1 N–H and O–H groups in total. The lowest BCUT2D eigenvalue weighted by Gasteiger charge is -2.22. The zero-order valence-corrected chi connectivity index (χ0v) is 15.7. The van der Waals surface area contributed by atoms with Gasteiger partial charge in [0.1, 0.15) is 11.8 Å². The first kappa shape index (κ1) is 17.8. The molecule has 1 aromatic heterocycles. The number of urea groups is 1. The first-order chi connectivity index (χ1) is 13.2. The molecule has 2 heterocycles. The second-order valence-electron chi connectivity index (χ2n) is 7.27. The van der Waals surface area contributed by atoms with E-state index in [4.69, 9.17) is 9.26 Å². The van der Waals surface area contributed by atoms with Gasteiger partial charge in [0, 0.05) is 18.2 Å². The predicted octanol–water partition coefficient (Wildman–Crippen LogP) is 4.49. The van der Waals surface area contributed by atoms with Crippen molar-refractivity contribution in [1.82, 2.24) is 15.0 Å². The van der Waals surface area contributed by atoms with Gasteiger partial charge >= 0.3 is 6.03 Å². The second kappa shape index (κ2) is 7.98. The Morgan fingerprint density at radius 1 is 1.30 bits per heavy atom. The SMILES string of the molecule is CCCCOc1ccc(NC(=O)N2CCCC2c2nc(C3CC3)no2)cc1. The average Bonchev–Trinajstić information content (AvgIpc) is 3.20. The van der Waals surface area contributed by atoms with Crippen LogP contribution in [0.2, 0.25) is 0 Å². The van der Waals surface area contributed by atoms with Crippen LogP contribution in [0.4, 0.5) is 10.5 Å². The summed E-state index contributed by atoms with van der Waals surface area (Å²) < 4.78 is 11.1. The number of carbonyl (C=O) groups excluding carboxylic acids is 1. The number of nitrogens with zero attached hydrogens (tertiary/aromatic N) is 3. The van der Waals surface area contributed by atoms with Crippen molar-refractivity contribution in [2.45, 2.75) is 57.4 Å². The van der Waals surface area contributed by atoms with E-state index in [9.17, 15) is 4.79 Å². The molecule has 7 heteroatoms. The quantitative estimate of drug-likeness (QED) is 0.726. The van der Waals surface area contributed by atoms with Crippen molar-refractivity contribution in [2.24, 2.45) is 0 Å². The minimum atomic E-state index is -0.137. The third-order valence-electron chi connectivity index (χ3n) is 5.07. The van der Waals surface area contributed by atoms with E-state index in [1.807, 2.05) is 24.3 Å². The van der Waals surface area contributed by atoms with Gasteiger partial charge in [-0.15, -0.1) is 0 Å². The molecule has 0 bridgehead atoms. The molecule has 1 saturated carbocycles. The lowest BCUT2D eigenvalue weighted by atomic mass is 10.2. The summed E-state index contributed by atoms with van der Waals surface area (Å²) in [6.07, 6.45) is 6.19. The van der Waals surface area contributed by atoms with Crippen LogP contribution in [0.15, 0.2) is 28.8 Å². The number of amides is 2. The molecule has 1 aliphatic heterocycles. The van der Waals surface area contributed by atoms with Crippen LogP contribution in [0, 0.1) is 0 Å². The molecule has 4 rings (SSSR count). The first-order valence-electron chi connectivity index (χ1n) is 9.88. The number of aromatic nitrogens is 2. The average molecular weight is 370 g/mol. The van der Waals surface area contributed by atoms with Gasteiger partial charge in [0.2, 0.25) is 5.89 Å². The van der Waals surface area contributed by atoms with Gasteiger partial charge in [-0.2, -0.15) is 4.98 Å². The van der Waals surface area contributed by atoms with Gasteiger partial charge in [0.15, 0.2) is 5.82 Å². The zero-order valence-electron chi connectivity index (χ0n) is 15.7. The van der Waals surface area contributed by atoms with E-state index in [2.05, 4.69) is 22.4 Å². The number of ether oxygens (including phenoxy) is 1. The van der Waals surface area contributed by atoms with Crippen molar-refractivity contribution in [3.05, 3.63) is 36.0 Å². The van der Waals surface area contributed by atoms with Gasteiger partial charge in [0.05, 0.1) is 6.61 Å². The van der Waals surface area contributed by atoms with E-state index in [1.54, 1.807) is 4.90 Å². The highest BCUT2D eigenvalue weighted by atomic mass is 16.5. The van der Waals surface area contributed by atoms with Crippen LogP contribution in [-0.2, 0) is 0 Å². The molecule has 7 nitrogen and oxygen atoms in total. The Morgan fingerprint density at radius 3 is 2.85 bits per heavy atom. The highest BCUT2D eigenvalue weighted by molar-refractivity contribution is 5.89. The standard InChI is InChI=1S/C20H26N4O3/c1-2-3-13-26-16-10-8-15(9-11-16)21-20(25)24-12-4-5-17(24)19-22-18(23-27-19)14-6-7-14/h8-11,14,17H,2-7,12-13H2,1H3,(H,21,25). The topological polar surface area (TPSA) is 80.5 Å². The molecule has 144 valence electrons. The van der Waals surface area contributed by atoms with E-state index in [-0.39, 0.29) is 12.1 Å². The number of anilines is 1. The number of unbranched alkanes of at least 4 members (excludes halogenated alkanes) is 1. The van der Waals surface area contributed by atoms with Gasteiger partial charge in [-0.3, -0.25) is 0 Å². The largest absolute Gasteiger partial charge is 0.494 e. The molecule has 1 saturated heterocycles. The third kappa shape index (κ3) is 4.23. The number of benzene rings is 1. The van der Waals surface area contributed by atoms with Crippen LogP contribution in [0.1, 0.15) is 69.1 Å². The van der Waals surface area contributed by atoms with Crippen molar-refractivity contribution in [3.63, 3.8) is 0 Å². The molecule has 1 aliphatic carbocycles. The van der Waals surface area contributed by atoms with Gasteiger partial charge in [-0.25, -0.2) is 4.79 Å². The molecule has 2 aromatic rings. The van der Waals surface area contributed by atoms with Crippen molar-refractivity contribution in [3.8, 4) is 5.75 Å². The van der Waals surface area contributed by atoms with Crippen LogP contribution in [-0.4, -0.2) is 34.2 Å². The monoisotopic (exact) mass is 370 g/mol. The number of nitrogens with one attached hydrogen (secondary N) is 1. The van der Waals surface area contributed by atoms with E-state index in [1.165, 1.54) is 0 Å². The minimum absolute atomic E-state index is 0.136. The van der Waals surface area contributed by atoms with Crippen molar-refractivity contribution >= 4 is 11.7 Å². The summed E-state index contributed by atoms with van der Waals surface area (Å²) in [6.45, 7) is 3.54. The van der Waals surface area contributed by atoms with Gasteiger partial charge < -0.3 is 19.5 Å². The molecule has 2 fully saturated rings. The summed E-state index contributed by atoms with van der Waals surface area (Å²) in [7, 11) is 0. The summed E-state index contributed by atoms with van der Waals surface area (Å²) in [4.78, 5) is 19.1. The molecule has 1 aromatic carbocycles. The maximum atomic E-state index is 12.7. The molecule has 0 radical (unpaired) electrons. The van der Waals surface area contributed by atoms with E-state index in [0.29, 0.717) is 25.0 Å². The van der Waals surface area contributed by atoms with Gasteiger partial charge in [-0.1, -0.05) is 18.5 Å². The Labute approximate surface area is 159 Å². The molecular formula is C20H26N4O3. The van der Waals surface area contributed by atoms with Crippen molar-refractivity contribution in [2.75, 3.05) is 18.5 Å². The van der Waals surface area contributed by atoms with Crippen LogP contribution in [0.5, 0.6) is 5.75 Å². The number of hydrogen-bond donors (Lipinski definition) is 1. The highest BCUT2D eigenvalue weighted by Gasteiger charge is 2.36. The van der Waals surface area contributed by atoms with Gasteiger partial charge in [0.25, 0.3) is 0 Å². The maximum absolute atomic E-state index is 12.7. The maximum Gasteiger partial charge on any atom is 0.322 e. The van der Waals surface area contributed by atoms with E-state index >= 15 is 0 Å². The zero-order chi connectivity index (χ0) is 18.6. The van der Waals surface area contributed by atoms with Crippen molar-refractivity contribution in [1.29, 1.82) is 0 Å². The lowest BCUT2D eigenvalue weighted by molar-refractivity contribution is 0.193. The highest BCUT2D eigenvalue weighted by Crippen LogP contribution is 2.39. The summed E-state index contributed by atoms with van der Waals surface area (Å²) in [5.74, 6) is 2.61.